The van der Waals surface area contributed by atoms with Gasteiger partial charge in [-0.15, -0.1) is 0 Å². The summed E-state index contributed by atoms with van der Waals surface area (Å²) in [6, 6.07) is 0. The van der Waals surface area contributed by atoms with Crippen LogP contribution in [-0.4, -0.2) is 42.8 Å². The Morgan fingerprint density at radius 1 is 1.10 bits per heavy atom. The van der Waals surface area contributed by atoms with Crippen LogP contribution in [0.25, 0.3) is 0 Å². The van der Waals surface area contributed by atoms with E-state index < -0.39 is 17.5 Å². The molecular weight excluding hydrogens is 372 g/mol. The fraction of sp³-hybridized carbons (Fsp3) is 0.727. The van der Waals surface area contributed by atoms with Crippen LogP contribution in [0.2, 0.25) is 0 Å². The van der Waals surface area contributed by atoms with Gasteiger partial charge in [0.05, 0.1) is 7.11 Å². The summed E-state index contributed by atoms with van der Waals surface area (Å²) in [5.41, 5.74) is 1.14. The van der Waals surface area contributed by atoms with Gasteiger partial charge in [-0.3, -0.25) is 19.4 Å². The summed E-state index contributed by atoms with van der Waals surface area (Å²) >= 11 is 0. The fourth-order valence-electron chi connectivity index (χ4n) is 4.45. The van der Waals surface area contributed by atoms with Gasteiger partial charge in [0.15, 0.2) is 0 Å². The molecule has 0 aromatic heterocycles. The first-order valence-electron chi connectivity index (χ1n) is 10.4. The molecule has 2 rings (SSSR count). The molecule has 0 aromatic carbocycles. The van der Waals surface area contributed by atoms with Gasteiger partial charge < -0.3 is 14.8 Å². The zero-order valence-corrected chi connectivity index (χ0v) is 18.5. The Bertz CT molecular complexity index is 711. The third kappa shape index (κ3) is 5.90. The number of ether oxygens (including phenoxy) is 2. The molecule has 1 fully saturated rings. The molecule has 2 aliphatic rings. The van der Waals surface area contributed by atoms with Gasteiger partial charge in [-0.2, -0.15) is 0 Å². The summed E-state index contributed by atoms with van der Waals surface area (Å²) in [6.45, 7) is 8.70. The summed E-state index contributed by atoms with van der Waals surface area (Å²) in [4.78, 5) is 42.2. The molecule has 1 N–H and O–H groups in total. The minimum Gasteiger partial charge on any atom is -0.468 e. The van der Waals surface area contributed by atoms with Crippen molar-refractivity contribution in [1.82, 2.24) is 5.32 Å². The number of nitrogens with zero attached hydrogens (tertiary/aromatic N) is 1. The number of allylic oxidation sites excluding steroid dienone is 1. The van der Waals surface area contributed by atoms with Gasteiger partial charge in [0.2, 0.25) is 5.91 Å². The van der Waals surface area contributed by atoms with Crippen molar-refractivity contribution in [3.63, 3.8) is 0 Å². The lowest BCUT2D eigenvalue weighted by atomic mass is 9.67. The van der Waals surface area contributed by atoms with Gasteiger partial charge in [0.25, 0.3) is 0 Å². The van der Waals surface area contributed by atoms with E-state index in [9.17, 15) is 14.4 Å². The molecule has 0 saturated heterocycles. The van der Waals surface area contributed by atoms with Crippen molar-refractivity contribution in [2.24, 2.45) is 22.7 Å². The van der Waals surface area contributed by atoms with Crippen LogP contribution in [0.4, 0.5) is 0 Å². The first-order chi connectivity index (χ1) is 13.5. The van der Waals surface area contributed by atoms with E-state index in [-0.39, 0.29) is 30.3 Å². The third-order valence-electron chi connectivity index (χ3n) is 5.55. The molecule has 0 radical (unpaired) electrons. The van der Waals surface area contributed by atoms with E-state index in [2.05, 4.69) is 10.3 Å². The van der Waals surface area contributed by atoms with Crippen molar-refractivity contribution >= 4 is 23.6 Å². The number of hydrogen-bond donors (Lipinski definition) is 1. The molecule has 7 heteroatoms. The van der Waals surface area contributed by atoms with E-state index in [1.165, 1.54) is 13.5 Å². The summed E-state index contributed by atoms with van der Waals surface area (Å²) in [7, 11) is 1.36. The van der Waals surface area contributed by atoms with Crippen molar-refractivity contribution in [1.29, 1.82) is 0 Å². The fourth-order valence-corrected chi connectivity index (χ4v) is 4.45. The summed E-state index contributed by atoms with van der Waals surface area (Å²) in [5, 5.41) is 2.67. The average Bonchev–Trinajstić information content (AvgIpc) is 2.64. The van der Waals surface area contributed by atoms with Crippen molar-refractivity contribution in [3.8, 4) is 0 Å². The van der Waals surface area contributed by atoms with E-state index in [0.29, 0.717) is 17.0 Å². The Labute approximate surface area is 173 Å². The van der Waals surface area contributed by atoms with Crippen LogP contribution in [0, 0.1) is 17.8 Å². The van der Waals surface area contributed by atoms with Crippen LogP contribution in [-0.2, 0) is 23.9 Å². The normalized spacial score (nSPS) is 23.3. The zero-order chi connectivity index (χ0) is 21.8. The highest BCUT2D eigenvalue weighted by Gasteiger charge is 2.44. The number of nitrogens with one attached hydrogen (secondary N) is 1. The maximum Gasteiger partial charge on any atom is 0.325 e. The van der Waals surface area contributed by atoms with Crippen LogP contribution in [0.3, 0.4) is 0 Å². The topological polar surface area (TPSA) is 94.1 Å². The third-order valence-corrected chi connectivity index (χ3v) is 5.55. The maximum absolute atomic E-state index is 13.1. The second-order valence-electron chi connectivity index (χ2n) is 8.95. The maximum atomic E-state index is 13.1. The molecule has 1 heterocycles. The predicted molar refractivity (Wildman–Crippen MR) is 110 cm³/mol. The number of rotatable bonds is 5. The van der Waals surface area contributed by atoms with E-state index in [0.717, 1.165) is 25.7 Å². The van der Waals surface area contributed by atoms with Crippen molar-refractivity contribution in [2.45, 2.75) is 72.3 Å². The van der Waals surface area contributed by atoms with Crippen LogP contribution in [0.15, 0.2) is 16.3 Å². The van der Waals surface area contributed by atoms with Gasteiger partial charge in [-0.05, 0) is 53.4 Å². The average molecular weight is 407 g/mol. The largest absolute Gasteiger partial charge is 0.468 e. The molecule has 2 unspecified atom stereocenters. The lowest BCUT2D eigenvalue weighted by Gasteiger charge is -2.38. The van der Waals surface area contributed by atoms with Gasteiger partial charge in [-0.25, -0.2) is 0 Å². The Morgan fingerprint density at radius 2 is 1.72 bits per heavy atom. The highest BCUT2D eigenvalue weighted by molar-refractivity contribution is 6.07. The van der Waals surface area contributed by atoms with E-state index in [1.54, 1.807) is 27.7 Å². The Kier molecular flexibility index (Phi) is 7.60. The van der Waals surface area contributed by atoms with Crippen LogP contribution in [0.1, 0.15) is 66.7 Å². The molecule has 7 nitrogen and oxygen atoms in total. The highest BCUT2D eigenvalue weighted by Crippen LogP contribution is 2.42. The van der Waals surface area contributed by atoms with Gasteiger partial charge in [-0.1, -0.05) is 19.3 Å². The quantitative estimate of drug-likeness (QED) is 0.708. The second-order valence-corrected chi connectivity index (χ2v) is 8.95. The SMILES string of the molecule is COC(=O)C1C(C)=NC(C)=C(C(=O)NCC(=O)OC(C)(C)C)C1C1CCCCC1. The molecule has 0 spiro atoms. The minimum absolute atomic E-state index is 0.204. The molecule has 1 aliphatic carbocycles. The van der Waals surface area contributed by atoms with Crippen LogP contribution in [0.5, 0.6) is 0 Å². The van der Waals surface area contributed by atoms with E-state index >= 15 is 0 Å². The predicted octanol–water partition coefficient (Wildman–Crippen LogP) is 3.18. The van der Waals surface area contributed by atoms with Gasteiger partial charge in [0, 0.05) is 22.9 Å². The standard InChI is InChI=1S/C22H34N2O5/c1-13-17(20(26)23-12-16(25)29-22(3,4)5)19(15-10-8-7-9-11-15)18(14(2)24-13)21(27)28-6/h15,18-19H,7-12H2,1-6H3,(H,23,26). The van der Waals surface area contributed by atoms with Crippen molar-refractivity contribution in [3.05, 3.63) is 11.3 Å². The summed E-state index contributed by atoms with van der Waals surface area (Å²) < 4.78 is 10.3. The van der Waals surface area contributed by atoms with Crippen molar-refractivity contribution < 1.29 is 23.9 Å². The summed E-state index contributed by atoms with van der Waals surface area (Å²) in [6.07, 6.45) is 5.25. The number of methoxy groups -OCH3 is 1. The first-order valence-corrected chi connectivity index (χ1v) is 10.4. The lowest BCUT2D eigenvalue weighted by molar-refractivity contribution is -0.154. The number of esters is 2. The minimum atomic E-state index is -0.621. The smallest absolute Gasteiger partial charge is 0.325 e. The molecule has 162 valence electrons. The zero-order valence-electron chi connectivity index (χ0n) is 18.5. The van der Waals surface area contributed by atoms with Gasteiger partial charge in [0.1, 0.15) is 18.1 Å². The molecule has 2 atom stereocenters. The monoisotopic (exact) mass is 406 g/mol. The van der Waals surface area contributed by atoms with E-state index in [4.69, 9.17) is 9.47 Å². The summed E-state index contributed by atoms with van der Waals surface area (Å²) in [5.74, 6) is -1.90. The number of hydrogen-bond acceptors (Lipinski definition) is 6. The van der Waals surface area contributed by atoms with Crippen molar-refractivity contribution in [2.75, 3.05) is 13.7 Å². The Balaban J connectivity index is 2.29. The first kappa shape index (κ1) is 23.1. The second kappa shape index (κ2) is 9.55. The highest BCUT2D eigenvalue weighted by atomic mass is 16.6. The Hall–Kier alpha value is -2.18. The van der Waals surface area contributed by atoms with E-state index in [1.807, 2.05) is 6.92 Å². The molecule has 0 aromatic rings. The van der Waals surface area contributed by atoms with Crippen LogP contribution >= 0.6 is 0 Å². The number of aliphatic imine (C=N–C) groups is 1. The lowest BCUT2D eigenvalue weighted by Crippen LogP contribution is -2.44. The van der Waals surface area contributed by atoms with Gasteiger partial charge >= 0.3 is 11.9 Å². The molecule has 1 amide bonds. The number of carbonyl (C=O) groups is 3. The Morgan fingerprint density at radius 3 is 2.28 bits per heavy atom. The van der Waals surface area contributed by atoms with Crippen LogP contribution < -0.4 is 5.32 Å². The molecule has 0 bridgehead atoms. The number of carbonyl (C=O) groups excluding carboxylic acids is 3. The molecule has 1 aliphatic heterocycles. The molecule has 29 heavy (non-hydrogen) atoms. The molecule has 1 saturated carbocycles. The number of amides is 1. The molecular formula is C22H34N2O5.